The summed E-state index contributed by atoms with van der Waals surface area (Å²) in [6.07, 6.45) is 0. The van der Waals surface area contributed by atoms with Crippen molar-refractivity contribution in [3.05, 3.63) is 155 Å². The summed E-state index contributed by atoms with van der Waals surface area (Å²) < 4.78 is 12.3. The molecule has 48 heavy (non-hydrogen) atoms. The average molecular weight is 627 g/mol. The van der Waals surface area contributed by atoms with Gasteiger partial charge < -0.3 is 9.47 Å². The van der Waals surface area contributed by atoms with Gasteiger partial charge in [-0.1, -0.05) is 48.5 Å². The molecule has 6 heteroatoms. The SMILES string of the molecule is Cc1cccc(-c2cccc(COCc3cc4ccc5cc(COCc6cccc(-c7cccc(C)n7)n6)cc6ccc(c3)c4c56)n2)n1. The van der Waals surface area contributed by atoms with Gasteiger partial charge in [-0.15, -0.1) is 0 Å². The maximum Gasteiger partial charge on any atom is 0.0892 e. The molecule has 6 nitrogen and oxygen atoms in total. The fourth-order valence-electron chi connectivity index (χ4n) is 6.46. The number of aryl methyl sites for hydroxylation is 2. The largest absolute Gasteiger partial charge is 0.370 e. The standard InChI is InChI=1S/C42H34N4O2/c1-27-7-3-11-37(43-27)39-13-5-9-35(45-39)25-47-23-29-19-31-15-17-33-21-30(22-34-18-16-32(20-29)41(31)42(33)34)24-48-26-36-10-6-14-40(46-36)38-12-4-8-28(2)44-38/h3-22H,23-26H2,1-2H3. The third-order valence-electron chi connectivity index (χ3n) is 8.61. The Morgan fingerprint density at radius 3 is 1.12 bits per heavy atom. The van der Waals surface area contributed by atoms with Crippen molar-refractivity contribution >= 4 is 32.3 Å². The minimum absolute atomic E-state index is 0.432. The van der Waals surface area contributed by atoms with Gasteiger partial charge in [-0.2, -0.15) is 0 Å². The second-order valence-electron chi connectivity index (χ2n) is 12.3. The van der Waals surface area contributed by atoms with Crippen LogP contribution in [-0.2, 0) is 35.9 Å². The first-order chi connectivity index (χ1) is 23.6. The molecule has 0 amide bonds. The van der Waals surface area contributed by atoms with E-state index in [1.54, 1.807) is 0 Å². The van der Waals surface area contributed by atoms with Crippen molar-refractivity contribution < 1.29 is 9.47 Å². The summed E-state index contributed by atoms with van der Waals surface area (Å²) >= 11 is 0. The first-order valence-electron chi connectivity index (χ1n) is 16.2. The van der Waals surface area contributed by atoms with E-state index >= 15 is 0 Å². The zero-order valence-corrected chi connectivity index (χ0v) is 27.0. The zero-order chi connectivity index (χ0) is 32.5. The highest BCUT2D eigenvalue weighted by molar-refractivity contribution is 6.23. The minimum atomic E-state index is 0.432. The number of pyridine rings is 4. The predicted octanol–water partition coefficient (Wildman–Crippen LogP) is 9.55. The van der Waals surface area contributed by atoms with Crippen LogP contribution in [0.5, 0.6) is 0 Å². The Bertz CT molecular complexity index is 2170. The summed E-state index contributed by atoms with van der Waals surface area (Å²) in [5.74, 6) is 0. The lowest BCUT2D eigenvalue weighted by molar-refractivity contribution is 0.105. The van der Waals surface area contributed by atoms with Gasteiger partial charge in [0.15, 0.2) is 0 Å². The van der Waals surface area contributed by atoms with Gasteiger partial charge in [-0.25, -0.2) is 9.97 Å². The first-order valence-corrected chi connectivity index (χ1v) is 16.2. The Balaban J connectivity index is 0.956. The molecule has 0 fully saturated rings. The van der Waals surface area contributed by atoms with Crippen LogP contribution >= 0.6 is 0 Å². The summed E-state index contributed by atoms with van der Waals surface area (Å²) in [4.78, 5) is 18.8. The lowest BCUT2D eigenvalue weighted by Gasteiger charge is -2.14. The molecule has 4 heterocycles. The van der Waals surface area contributed by atoms with Gasteiger partial charge in [0.2, 0.25) is 0 Å². The molecule has 0 atom stereocenters. The van der Waals surface area contributed by atoms with Gasteiger partial charge >= 0.3 is 0 Å². The molecule has 0 bridgehead atoms. The highest BCUT2D eigenvalue weighted by Gasteiger charge is 2.12. The van der Waals surface area contributed by atoms with Crippen LogP contribution in [0, 0.1) is 13.8 Å². The topological polar surface area (TPSA) is 70.0 Å². The minimum Gasteiger partial charge on any atom is -0.370 e. The molecule has 4 aromatic carbocycles. The molecule has 4 aromatic heterocycles. The van der Waals surface area contributed by atoms with Gasteiger partial charge in [-0.3, -0.25) is 9.97 Å². The second kappa shape index (κ2) is 12.9. The van der Waals surface area contributed by atoms with Gasteiger partial charge in [-0.05, 0) is 130 Å². The zero-order valence-electron chi connectivity index (χ0n) is 27.0. The van der Waals surface area contributed by atoms with Crippen molar-refractivity contribution in [1.82, 2.24) is 19.9 Å². The van der Waals surface area contributed by atoms with E-state index < -0.39 is 0 Å². The summed E-state index contributed by atoms with van der Waals surface area (Å²) in [6.45, 7) is 5.86. The first kappa shape index (κ1) is 29.8. The molecule has 0 radical (unpaired) electrons. The summed E-state index contributed by atoms with van der Waals surface area (Å²) in [7, 11) is 0. The van der Waals surface area contributed by atoms with E-state index in [1.807, 2.05) is 86.6 Å². The van der Waals surface area contributed by atoms with E-state index in [2.05, 4.69) is 58.5 Å². The fourth-order valence-corrected chi connectivity index (χ4v) is 6.46. The normalized spacial score (nSPS) is 11.6. The van der Waals surface area contributed by atoms with Crippen molar-refractivity contribution in [2.45, 2.75) is 40.3 Å². The molecule has 8 aromatic rings. The van der Waals surface area contributed by atoms with Gasteiger partial charge in [0.05, 0.1) is 60.6 Å². The van der Waals surface area contributed by atoms with Crippen LogP contribution in [0.1, 0.15) is 33.9 Å². The van der Waals surface area contributed by atoms with E-state index in [9.17, 15) is 0 Å². The Hall–Kier alpha value is -5.56. The maximum absolute atomic E-state index is 6.16. The van der Waals surface area contributed by atoms with Gasteiger partial charge in [0.1, 0.15) is 0 Å². The second-order valence-corrected chi connectivity index (χ2v) is 12.3. The van der Waals surface area contributed by atoms with Crippen LogP contribution in [0.25, 0.3) is 55.1 Å². The van der Waals surface area contributed by atoms with Crippen molar-refractivity contribution in [2.75, 3.05) is 0 Å². The Morgan fingerprint density at radius 1 is 0.396 bits per heavy atom. The molecule has 0 saturated carbocycles. The monoisotopic (exact) mass is 626 g/mol. The molecule has 0 saturated heterocycles. The maximum atomic E-state index is 6.16. The summed E-state index contributed by atoms with van der Waals surface area (Å²) in [5.41, 5.74) is 9.47. The van der Waals surface area contributed by atoms with Gasteiger partial charge in [0, 0.05) is 11.4 Å². The molecular weight excluding hydrogens is 592 g/mol. The molecule has 0 aliphatic heterocycles. The van der Waals surface area contributed by atoms with E-state index in [0.717, 1.165) is 56.7 Å². The molecular formula is C42H34N4O2. The Labute approximate surface area is 279 Å². The molecule has 0 N–H and O–H groups in total. The molecule has 0 aliphatic carbocycles. The molecule has 0 aliphatic rings. The highest BCUT2D eigenvalue weighted by Crippen LogP contribution is 2.36. The van der Waals surface area contributed by atoms with Crippen LogP contribution in [0.3, 0.4) is 0 Å². The number of nitrogens with zero attached hydrogens (tertiary/aromatic N) is 4. The van der Waals surface area contributed by atoms with E-state index in [4.69, 9.17) is 19.4 Å². The fraction of sp³-hybridized carbons (Fsp3) is 0.143. The van der Waals surface area contributed by atoms with Crippen LogP contribution in [0.4, 0.5) is 0 Å². The number of hydrogen-bond donors (Lipinski definition) is 0. The Morgan fingerprint density at radius 2 is 0.750 bits per heavy atom. The lowest BCUT2D eigenvalue weighted by Crippen LogP contribution is -1.99. The summed E-state index contributed by atoms with van der Waals surface area (Å²) in [5, 5.41) is 7.43. The smallest absolute Gasteiger partial charge is 0.0892 e. The average Bonchev–Trinajstić information content (AvgIpc) is 3.11. The van der Waals surface area contributed by atoms with Crippen molar-refractivity contribution in [3.8, 4) is 22.8 Å². The third-order valence-corrected chi connectivity index (χ3v) is 8.61. The van der Waals surface area contributed by atoms with Crippen molar-refractivity contribution in [2.24, 2.45) is 0 Å². The number of ether oxygens (including phenoxy) is 2. The number of aromatic nitrogens is 4. The van der Waals surface area contributed by atoms with E-state index in [1.165, 1.54) is 32.3 Å². The number of hydrogen-bond acceptors (Lipinski definition) is 6. The third kappa shape index (κ3) is 6.24. The number of rotatable bonds is 10. The van der Waals surface area contributed by atoms with Crippen LogP contribution in [-0.4, -0.2) is 19.9 Å². The van der Waals surface area contributed by atoms with Crippen LogP contribution in [0.2, 0.25) is 0 Å². The van der Waals surface area contributed by atoms with Crippen LogP contribution < -0.4 is 0 Å². The van der Waals surface area contributed by atoms with Crippen molar-refractivity contribution in [1.29, 1.82) is 0 Å². The Kier molecular flexibility index (Phi) is 8.02. The van der Waals surface area contributed by atoms with Crippen LogP contribution in [0.15, 0.2) is 121 Å². The number of benzene rings is 4. The van der Waals surface area contributed by atoms with Crippen molar-refractivity contribution in [3.63, 3.8) is 0 Å². The highest BCUT2D eigenvalue weighted by atomic mass is 16.5. The summed E-state index contributed by atoms with van der Waals surface area (Å²) in [6, 6.07) is 41.8. The van der Waals surface area contributed by atoms with E-state index in [-0.39, 0.29) is 0 Å². The lowest BCUT2D eigenvalue weighted by atomic mass is 9.92. The molecule has 0 unspecified atom stereocenters. The molecule has 8 rings (SSSR count). The quantitative estimate of drug-likeness (QED) is 0.141. The molecule has 234 valence electrons. The molecule has 0 spiro atoms. The van der Waals surface area contributed by atoms with Gasteiger partial charge in [0.25, 0.3) is 0 Å². The predicted molar refractivity (Wildman–Crippen MR) is 192 cm³/mol. The van der Waals surface area contributed by atoms with E-state index in [0.29, 0.717) is 26.4 Å².